The average molecular weight is 393 g/mol. The van der Waals surface area contributed by atoms with Crippen molar-refractivity contribution in [3.63, 3.8) is 0 Å². The molecule has 1 atom stereocenters. The first-order valence-corrected chi connectivity index (χ1v) is 10.5. The van der Waals surface area contributed by atoms with Crippen LogP contribution in [0, 0.1) is 5.92 Å². The van der Waals surface area contributed by atoms with Gasteiger partial charge in [-0.2, -0.15) is 0 Å². The Labute approximate surface area is 172 Å². The molecule has 2 aliphatic heterocycles. The number of hydrogen-bond donors (Lipinski definition) is 1. The summed E-state index contributed by atoms with van der Waals surface area (Å²) in [5.41, 5.74) is 4.05. The Morgan fingerprint density at radius 1 is 1.10 bits per heavy atom. The lowest BCUT2D eigenvalue weighted by Gasteiger charge is -2.38. The Kier molecular flexibility index (Phi) is 4.59. The molecule has 2 fully saturated rings. The number of nitrogens with one attached hydrogen (secondary N) is 1. The first-order valence-electron chi connectivity index (χ1n) is 10.5. The molecule has 0 aromatic heterocycles. The quantitative estimate of drug-likeness (QED) is 0.763. The summed E-state index contributed by atoms with van der Waals surface area (Å²) in [5, 5.41) is 3.43. The molecule has 152 valence electrons. The molecule has 6 nitrogen and oxygen atoms in total. The number of carbonyl (C=O) groups is 1. The van der Waals surface area contributed by atoms with Crippen LogP contribution in [0.2, 0.25) is 0 Å². The molecule has 1 saturated carbocycles. The van der Waals surface area contributed by atoms with Crippen LogP contribution in [-0.2, 0) is 15.4 Å². The van der Waals surface area contributed by atoms with Crippen LogP contribution in [-0.4, -0.2) is 51.1 Å². The van der Waals surface area contributed by atoms with E-state index in [1.807, 2.05) is 42.3 Å². The van der Waals surface area contributed by atoms with Gasteiger partial charge in [-0.05, 0) is 43.0 Å². The zero-order valence-corrected chi connectivity index (χ0v) is 16.9. The van der Waals surface area contributed by atoms with Crippen LogP contribution in [0.5, 0.6) is 0 Å². The van der Waals surface area contributed by atoms with Gasteiger partial charge in [-0.1, -0.05) is 24.3 Å². The van der Waals surface area contributed by atoms with E-state index in [1.165, 1.54) is 25.1 Å². The van der Waals surface area contributed by atoms with E-state index in [-0.39, 0.29) is 0 Å². The highest BCUT2D eigenvalue weighted by atomic mass is 16.6. The van der Waals surface area contributed by atoms with Gasteiger partial charge in [0.05, 0.1) is 11.4 Å². The SMILES string of the molecule is CN1c2ccccc2NC1(OC=O)c1cccc(N2CCN(CC3CC3)CC2)c1. The highest BCUT2D eigenvalue weighted by Crippen LogP contribution is 2.45. The Bertz CT molecular complexity index is 892. The van der Waals surface area contributed by atoms with E-state index in [4.69, 9.17) is 4.74 Å². The third kappa shape index (κ3) is 3.31. The molecule has 2 heterocycles. The predicted molar refractivity (Wildman–Crippen MR) is 115 cm³/mol. The summed E-state index contributed by atoms with van der Waals surface area (Å²) in [5.74, 6) is -0.0919. The number of ether oxygens (including phenoxy) is 1. The van der Waals surface area contributed by atoms with Crippen LogP contribution < -0.4 is 15.1 Å². The lowest BCUT2D eigenvalue weighted by molar-refractivity contribution is -0.141. The second kappa shape index (κ2) is 7.26. The van der Waals surface area contributed by atoms with Crippen molar-refractivity contribution < 1.29 is 9.53 Å². The maximum absolute atomic E-state index is 11.4. The van der Waals surface area contributed by atoms with Gasteiger partial charge in [-0.3, -0.25) is 9.69 Å². The lowest BCUT2D eigenvalue weighted by atomic mass is 10.1. The lowest BCUT2D eigenvalue weighted by Crippen LogP contribution is -2.49. The number of fused-ring (bicyclic) bond motifs is 1. The molecule has 0 spiro atoms. The molecule has 2 aromatic carbocycles. The van der Waals surface area contributed by atoms with Crippen molar-refractivity contribution in [2.75, 3.05) is 54.9 Å². The number of para-hydroxylation sites is 2. The van der Waals surface area contributed by atoms with Crippen LogP contribution >= 0.6 is 0 Å². The summed E-state index contributed by atoms with van der Waals surface area (Å²) in [6, 6.07) is 16.4. The molecule has 1 saturated heterocycles. The van der Waals surface area contributed by atoms with Gasteiger partial charge in [0.2, 0.25) is 0 Å². The van der Waals surface area contributed by atoms with Gasteiger partial charge in [0.25, 0.3) is 12.3 Å². The summed E-state index contributed by atoms with van der Waals surface area (Å²) in [6.07, 6.45) is 2.81. The fourth-order valence-corrected chi connectivity index (χ4v) is 4.59. The standard InChI is InChI=1S/C23H28N4O2/c1-25-22-8-3-2-7-21(22)24-23(25,29-17-28)19-5-4-6-20(15-19)27-13-11-26(12-14-27)16-18-9-10-18/h2-8,15,17-18,24H,9-14,16H2,1H3. The van der Waals surface area contributed by atoms with Crippen LogP contribution in [0.25, 0.3) is 0 Å². The maximum Gasteiger partial charge on any atom is 0.296 e. The predicted octanol–water partition coefficient (Wildman–Crippen LogP) is 3.06. The summed E-state index contributed by atoms with van der Waals surface area (Å²) < 4.78 is 5.69. The number of piperazine rings is 1. The topological polar surface area (TPSA) is 48.1 Å². The second-order valence-electron chi connectivity index (χ2n) is 8.34. The van der Waals surface area contributed by atoms with Gasteiger partial charge in [0.15, 0.2) is 0 Å². The van der Waals surface area contributed by atoms with Crippen LogP contribution in [0.1, 0.15) is 18.4 Å². The number of nitrogens with zero attached hydrogens (tertiary/aromatic N) is 3. The molecule has 0 bridgehead atoms. The van der Waals surface area contributed by atoms with E-state index >= 15 is 0 Å². The fourth-order valence-electron chi connectivity index (χ4n) is 4.59. The molecule has 0 amide bonds. The van der Waals surface area contributed by atoms with E-state index in [9.17, 15) is 4.79 Å². The largest absolute Gasteiger partial charge is 0.418 e. The Morgan fingerprint density at radius 2 is 1.90 bits per heavy atom. The zero-order valence-electron chi connectivity index (χ0n) is 16.9. The summed E-state index contributed by atoms with van der Waals surface area (Å²) in [7, 11) is 1.95. The van der Waals surface area contributed by atoms with Crippen LogP contribution in [0.15, 0.2) is 48.5 Å². The first-order chi connectivity index (χ1) is 14.2. The van der Waals surface area contributed by atoms with Crippen LogP contribution in [0.3, 0.4) is 0 Å². The van der Waals surface area contributed by atoms with Gasteiger partial charge in [0.1, 0.15) is 0 Å². The van der Waals surface area contributed by atoms with E-state index < -0.39 is 5.85 Å². The molecular formula is C23H28N4O2. The van der Waals surface area contributed by atoms with Crippen molar-refractivity contribution in [1.29, 1.82) is 0 Å². The molecular weight excluding hydrogens is 364 g/mol. The minimum atomic E-state index is -1.03. The number of rotatable bonds is 6. The second-order valence-corrected chi connectivity index (χ2v) is 8.34. The van der Waals surface area contributed by atoms with E-state index in [0.717, 1.165) is 49.0 Å². The number of anilines is 3. The molecule has 5 rings (SSSR count). The van der Waals surface area contributed by atoms with Crippen molar-refractivity contribution in [2.24, 2.45) is 5.92 Å². The monoisotopic (exact) mass is 392 g/mol. The molecule has 1 unspecified atom stereocenters. The summed E-state index contributed by atoms with van der Waals surface area (Å²) in [4.78, 5) is 18.5. The van der Waals surface area contributed by atoms with E-state index in [1.54, 1.807) is 0 Å². The molecule has 29 heavy (non-hydrogen) atoms. The van der Waals surface area contributed by atoms with Gasteiger partial charge in [0, 0.05) is 51.0 Å². The molecule has 0 radical (unpaired) electrons. The number of hydrogen-bond acceptors (Lipinski definition) is 6. The van der Waals surface area contributed by atoms with Crippen molar-refractivity contribution in [3.8, 4) is 0 Å². The van der Waals surface area contributed by atoms with Crippen LogP contribution in [0.4, 0.5) is 17.1 Å². The van der Waals surface area contributed by atoms with Gasteiger partial charge < -0.3 is 19.9 Å². The third-order valence-corrected chi connectivity index (χ3v) is 6.45. The Balaban J connectivity index is 1.39. The zero-order chi connectivity index (χ0) is 19.8. The van der Waals surface area contributed by atoms with Gasteiger partial charge in [-0.15, -0.1) is 0 Å². The Morgan fingerprint density at radius 3 is 2.62 bits per heavy atom. The van der Waals surface area contributed by atoms with Gasteiger partial charge >= 0.3 is 0 Å². The first kappa shape index (κ1) is 18.3. The number of benzene rings is 2. The minimum Gasteiger partial charge on any atom is -0.418 e. The van der Waals surface area contributed by atoms with Crippen molar-refractivity contribution in [3.05, 3.63) is 54.1 Å². The average Bonchev–Trinajstić information content (AvgIpc) is 3.53. The van der Waals surface area contributed by atoms with Crippen molar-refractivity contribution in [1.82, 2.24) is 4.90 Å². The molecule has 3 aliphatic rings. The Hall–Kier alpha value is -2.73. The maximum atomic E-state index is 11.4. The smallest absolute Gasteiger partial charge is 0.296 e. The molecule has 6 heteroatoms. The summed E-state index contributed by atoms with van der Waals surface area (Å²) >= 11 is 0. The van der Waals surface area contributed by atoms with Crippen molar-refractivity contribution >= 4 is 23.5 Å². The minimum absolute atomic E-state index is 0.526. The van der Waals surface area contributed by atoms with E-state index in [2.05, 4.69) is 33.3 Å². The molecule has 2 aromatic rings. The highest BCUT2D eigenvalue weighted by Gasteiger charge is 2.45. The van der Waals surface area contributed by atoms with E-state index in [0.29, 0.717) is 6.47 Å². The molecule has 1 N–H and O–H groups in total. The normalized spacial score (nSPS) is 24.2. The van der Waals surface area contributed by atoms with Gasteiger partial charge in [-0.25, -0.2) is 0 Å². The third-order valence-electron chi connectivity index (χ3n) is 6.45. The fraction of sp³-hybridized carbons (Fsp3) is 0.435. The molecule has 1 aliphatic carbocycles. The summed E-state index contributed by atoms with van der Waals surface area (Å²) in [6.45, 7) is 6.07. The van der Waals surface area contributed by atoms with Crippen molar-refractivity contribution in [2.45, 2.75) is 18.7 Å². The highest BCUT2D eigenvalue weighted by molar-refractivity contribution is 5.78. The number of carbonyl (C=O) groups excluding carboxylic acids is 1.